The van der Waals surface area contributed by atoms with Gasteiger partial charge in [-0.2, -0.15) is 0 Å². The lowest BCUT2D eigenvalue weighted by Gasteiger charge is -2.15. The molecule has 12 heteroatoms. The summed E-state index contributed by atoms with van der Waals surface area (Å²) in [5.41, 5.74) is 0.614. The Morgan fingerprint density at radius 1 is 1.19 bits per heavy atom. The molecule has 0 aliphatic carbocycles. The van der Waals surface area contributed by atoms with Crippen molar-refractivity contribution in [1.82, 2.24) is 10.2 Å². The van der Waals surface area contributed by atoms with Gasteiger partial charge in [-0.3, -0.25) is 9.69 Å². The van der Waals surface area contributed by atoms with Gasteiger partial charge in [0.15, 0.2) is 18.1 Å². The van der Waals surface area contributed by atoms with Crippen molar-refractivity contribution in [2.45, 2.75) is 33.4 Å². The first-order chi connectivity index (χ1) is 17.1. The molecule has 1 aliphatic rings. The van der Waals surface area contributed by atoms with Crippen LogP contribution in [-0.2, 0) is 25.6 Å². The summed E-state index contributed by atoms with van der Waals surface area (Å²) in [6.07, 6.45) is 1.24. The Morgan fingerprint density at radius 2 is 1.94 bits per heavy atom. The first kappa shape index (κ1) is 27.0. The molecule has 11 nitrogen and oxygen atoms in total. The predicted octanol–water partition coefficient (Wildman–Crippen LogP) is 3.49. The first-order valence-corrected chi connectivity index (χ1v) is 12.0. The highest BCUT2D eigenvalue weighted by Gasteiger charge is 2.34. The molecule has 0 atom stereocenters. The number of halogens is 1. The first-order valence-electron chi connectivity index (χ1n) is 10.9. The van der Waals surface area contributed by atoms with E-state index in [9.17, 15) is 19.2 Å². The summed E-state index contributed by atoms with van der Waals surface area (Å²) in [4.78, 5) is 49.7. The van der Waals surface area contributed by atoms with Crippen molar-refractivity contribution in [2.75, 3.05) is 20.3 Å². The van der Waals surface area contributed by atoms with E-state index in [2.05, 4.69) is 10.1 Å². The number of urea groups is 1. The van der Waals surface area contributed by atoms with Gasteiger partial charge in [-0.15, -0.1) is 0 Å². The molecule has 3 amide bonds. The molecule has 2 heterocycles. The van der Waals surface area contributed by atoms with Gasteiger partial charge in [0.2, 0.25) is 5.76 Å². The minimum Gasteiger partial charge on any atom is -0.490 e. The lowest BCUT2D eigenvalue weighted by atomic mass is 10.1. The molecule has 1 aliphatic heterocycles. The number of carbonyl (C=O) groups is 4. The quantitative estimate of drug-likeness (QED) is 0.185. The van der Waals surface area contributed by atoms with E-state index in [4.69, 9.17) is 18.6 Å². The summed E-state index contributed by atoms with van der Waals surface area (Å²) >= 11 is 2.03. The van der Waals surface area contributed by atoms with Crippen molar-refractivity contribution in [3.8, 4) is 11.5 Å². The number of benzene rings is 1. The molecular weight excluding hydrogens is 587 g/mol. The molecular formula is C24H25IN2O9. The number of imide groups is 1. The van der Waals surface area contributed by atoms with E-state index in [1.807, 2.05) is 22.6 Å². The number of ether oxygens (including phenoxy) is 4. The van der Waals surface area contributed by atoms with E-state index in [0.29, 0.717) is 27.2 Å². The van der Waals surface area contributed by atoms with E-state index in [1.54, 1.807) is 32.9 Å². The third-order valence-corrected chi connectivity index (χ3v) is 5.47. The average Bonchev–Trinajstić information content (AvgIpc) is 3.38. The van der Waals surface area contributed by atoms with Crippen LogP contribution in [0.5, 0.6) is 11.5 Å². The van der Waals surface area contributed by atoms with Crippen LogP contribution in [0.3, 0.4) is 0 Å². The Hall–Kier alpha value is -3.55. The molecule has 0 unspecified atom stereocenters. The van der Waals surface area contributed by atoms with E-state index < -0.39 is 23.9 Å². The second-order valence-electron chi connectivity index (χ2n) is 7.73. The normalized spacial score (nSPS) is 14.3. The van der Waals surface area contributed by atoms with Crippen molar-refractivity contribution >= 4 is 52.5 Å². The molecule has 36 heavy (non-hydrogen) atoms. The molecule has 1 N–H and O–H groups in total. The van der Waals surface area contributed by atoms with Crippen LogP contribution in [0.1, 0.15) is 42.6 Å². The van der Waals surface area contributed by atoms with E-state index >= 15 is 0 Å². The SMILES string of the molecule is CCOc1cc(/C=C2\NC(=O)N(Cc3ccc(C(=O)OC)o3)C2=O)cc(I)c1OCC(=O)OC(C)C. The van der Waals surface area contributed by atoms with Gasteiger partial charge in [0, 0.05) is 0 Å². The second-order valence-corrected chi connectivity index (χ2v) is 8.89. The van der Waals surface area contributed by atoms with Crippen molar-refractivity contribution in [3.63, 3.8) is 0 Å². The van der Waals surface area contributed by atoms with Crippen LogP contribution >= 0.6 is 22.6 Å². The fourth-order valence-electron chi connectivity index (χ4n) is 3.21. The van der Waals surface area contributed by atoms with Crippen molar-refractivity contribution in [1.29, 1.82) is 0 Å². The molecule has 0 spiro atoms. The van der Waals surface area contributed by atoms with Gasteiger partial charge in [-0.25, -0.2) is 14.4 Å². The molecule has 1 saturated heterocycles. The number of carbonyl (C=O) groups excluding carboxylic acids is 4. The Labute approximate surface area is 220 Å². The van der Waals surface area contributed by atoms with Crippen LogP contribution in [-0.4, -0.2) is 55.2 Å². The summed E-state index contributed by atoms with van der Waals surface area (Å²) < 4.78 is 27.0. The molecule has 1 aromatic heterocycles. The van der Waals surface area contributed by atoms with Crippen LogP contribution < -0.4 is 14.8 Å². The number of esters is 2. The summed E-state index contributed by atoms with van der Waals surface area (Å²) in [7, 11) is 1.22. The van der Waals surface area contributed by atoms with Gasteiger partial charge < -0.3 is 28.7 Å². The number of amides is 3. The zero-order valence-corrected chi connectivity index (χ0v) is 22.2. The van der Waals surface area contributed by atoms with Gasteiger partial charge >= 0.3 is 18.0 Å². The highest BCUT2D eigenvalue weighted by Crippen LogP contribution is 2.35. The average molecular weight is 612 g/mol. The van der Waals surface area contributed by atoms with Gasteiger partial charge in [0.05, 0.1) is 29.9 Å². The highest BCUT2D eigenvalue weighted by atomic mass is 127. The molecule has 1 fully saturated rings. The Kier molecular flexibility index (Phi) is 8.96. The molecule has 0 radical (unpaired) electrons. The molecule has 2 aromatic rings. The van der Waals surface area contributed by atoms with E-state index in [1.165, 1.54) is 25.3 Å². The maximum absolute atomic E-state index is 12.9. The smallest absolute Gasteiger partial charge is 0.373 e. The van der Waals surface area contributed by atoms with E-state index in [-0.39, 0.29) is 36.5 Å². The van der Waals surface area contributed by atoms with Crippen LogP contribution in [0.25, 0.3) is 6.08 Å². The Balaban J connectivity index is 1.78. The van der Waals surface area contributed by atoms with Gasteiger partial charge in [0.25, 0.3) is 5.91 Å². The third-order valence-electron chi connectivity index (χ3n) is 4.67. The highest BCUT2D eigenvalue weighted by molar-refractivity contribution is 14.1. The van der Waals surface area contributed by atoms with Crippen molar-refractivity contribution in [3.05, 3.63) is 50.6 Å². The van der Waals surface area contributed by atoms with Crippen molar-refractivity contribution in [2.24, 2.45) is 0 Å². The number of hydrogen-bond acceptors (Lipinski definition) is 9. The molecule has 0 bridgehead atoms. The molecule has 3 rings (SSSR count). The summed E-state index contributed by atoms with van der Waals surface area (Å²) in [5, 5.41) is 2.54. The lowest BCUT2D eigenvalue weighted by molar-refractivity contribution is -0.149. The fourth-order valence-corrected chi connectivity index (χ4v) is 3.99. The number of methoxy groups -OCH3 is 1. The van der Waals surface area contributed by atoms with Crippen LogP contribution in [0.2, 0.25) is 0 Å². The Bertz CT molecular complexity index is 1200. The van der Waals surface area contributed by atoms with Crippen LogP contribution in [0.4, 0.5) is 4.79 Å². The van der Waals surface area contributed by atoms with Gasteiger partial charge in [0.1, 0.15) is 11.5 Å². The monoisotopic (exact) mass is 612 g/mol. The van der Waals surface area contributed by atoms with Crippen molar-refractivity contribution < 1.29 is 42.5 Å². The fraction of sp³-hybridized carbons (Fsp3) is 0.333. The summed E-state index contributed by atoms with van der Waals surface area (Å²) in [6, 6.07) is 5.61. The molecule has 1 aromatic carbocycles. The Morgan fingerprint density at radius 3 is 2.61 bits per heavy atom. The minimum absolute atomic E-state index is 0.0341. The number of nitrogens with zero attached hydrogens (tertiary/aromatic N) is 1. The standard InChI is InChI=1S/C24H25IN2O9/c1-5-33-19-10-14(8-16(25)21(19)34-12-20(28)35-13(2)3)9-17-22(29)27(24(31)26-17)11-15-6-7-18(36-15)23(30)32-4/h6-10,13H,5,11-12H2,1-4H3,(H,26,31)/b17-9-. The topological polar surface area (TPSA) is 134 Å². The van der Waals surface area contributed by atoms with Gasteiger partial charge in [-0.05, 0) is 79.3 Å². The maximum Gasteiger partial charge on any atom is 0.373 e. The largest absolute Gasteiger partial charge is 0.490 e. The number of nitrogens with one attached hydrogen (secondary N) is 1. The molecule has 192 valence electrons. The zero-order valence-electron chi connectivity index (χ0n) is 20.1. The number of furan rings is 1. The summed E-state index contributed by atoms with van der Waals surface area (Å²) in [6.45, 7) is 5.17. The molecule has 0 saturated carbocycles. The van der Waals surface area contributed by atoms with Crippen LogP contribution in [0, 0.1) is 3.57 Å². The lowest BCUT2D eigenvalue weighted by Crippen LogP contribution is -2.30. The van der Waals surface area contributed by atoms with Crippen LogP contribution in [0.15, 0.2) is 34.4 Å². The predicted molar refractivity (Wildman–Crippen MR) is 134 cm³/mol. The zero-order chi connectivity index (χ0) is 26.4. The second kappa shape index (κ2) is 11.9. The third kappa shape index (κ3) is 6.56. The number of hydrogen-bond donors (Lipinski definition) is 1. The number of rotatable bonds is 10. The minimum atomic E-state index is -0.664. The van der Waals surface area contributed by atoms with Gasteiger partial charge in [-0.1, -0.05) is 0 Å². The van der Waals surface area contributed by atoms with E-state index in [0.717, 1.165) is 4.90 Å². The maximum atomic E-state index is 12.9. The summed E-state index contributed by atoms with van der Waals surface area (Å²) in [5.74, 6) is -0.803.